The first kappa shape index (κ1) is 18.3. The third-order valence-electron chi connectivity index (χ3n) is 4.25. The van der Waals surface area contributed by atoms with Crippen molar-refractivity contribution in [1.82, 2.24) is 9.46 Å². The molecule has 10 heteroatoms. The molecule has 26 heavy (non-hydrogen) atoms. The summed E-state index contributed by atoms with van der Waals surface area (Å²) in [6.07, 6.45) is 2.60. The van der Waals surface area contributed by atoms with E-state index in [9.17, 15) is 18.5 Å². The Morgan fingerprint density at radius 3 is 2.62 bits per heavy atom. The first-order valence-corrected chi connectivity index (χ1v) is 9.76. The minimum Gasteiger partial charge on any atom is -0.372 e. The number of sulfonamides is 1. The Labute approximate surface area is 151 Å². The second-order valence-corrected chi connectivity index (χ2v) is 8.13. The van der Waals surface area contributed by atoms with Crippen LogP contribution in [0.25, 0.3) is 0 Å². The Morgan fingerprint density at radius 1 is 1.27 bits per heavy atom. The van der Waals surface area contributed by atoms with Crippen LogP contribution in [-0.2, 0) is 16.6 Å². The van der Waals surface area contributed by atoms with Gasteiger partial charge in [0.25, 0.3) is 5.69 Å². The van der Waals surface area contributed by atoms with Gasteiger partial charge < -0.3 is 9.84 Å². The lowest BCUT2D eigenvalue weighted by molar-refractivity contribution is -0.384. The number of hydrogen-bond donors (Lipinski definition) is 1. The molecule has 0 amide bonds. The molecule has 1 aromatic carbocycles. The normalized spacial score (nSPS) is 15.7. The van der Waals surface area contributed by atoms with Gasteiger partial charge >= 0.3 is 0 Å². The number of aryl methyl sites for hydroxylation is 1. The van der Waals surface area contributed by atoms with E-state index in [1.54, 1.807) is 13.0 Å². The van der Waals surface area contributed by atoms with E-state index < -0.39 is 14.9 Å². The van der Waals surface area contributed by atoms with Crippen molar-refractivity contribution in [3.8, 4) is 0 Å². The Bertz CT molecular complexity index is 903. The molecule has 9 nitrogen and oxygen atoms in total. The Morgan fingerprint density at radius 2 is 2.00 bits per heavy atom. The van der Waals surface area contributed by atoms with Gasteiger partial charge in [0.05, 0.1) is 22.1 Å². The first-order valence-electron chi connectivity index (χ1n) is 8.32. The zero-order valence-electron chi connectivity index (χ0n) is 14.3. The number of nitrogens with zero attached hydrogens (tertiary/aromatic N) is 3. The van der Waals surface area contributed by atoms with Crippen LogP contribution in [0.15, 0.2) is 33.7 Å². The van der Waals surface area contributed by atoms with Gasteiger partial charge in [0, 0.05) is 25.2 Å². The van der Waals surface area contributed by atoms with Crippen LogP contribution in [-0.4, -0.2) is 35.9 Å². The third-order valence-corrected chi connectivity index (χ3v) is 6.14. The molecule has 0 radical (unpaired) electrons. The van der Waals surface area contributed by atoms with Crippen LogP contribution in [0, 0.1) is 17.0 Å². The van der Waals surface area contributed by atoms with Crippen LogP contribution in [0.1, 0.15) is 30.7 Å². The van der Waals surface area contributed by atoms with Crippen molar-refractivity contribution in [3.05, 3.63) is 45.8 Å². The number of rotatable bonds is 6. The van der Waals surface area contributed by atoms with E-state index in [4.69, 9.17) is 4.52 Å². The maximum absolute atomic E-state index is 12.7. The molecule has 1 saturated heterocycles. The molecular weight excluding hydrogens is 360 g/mol. The minimum atomic E-state index is -3.73. The summed E-state index contributed by atoms with van der Waals surface area (Å²) in [5.74, 6) is 0.529. The molecule has 2 aromatic rings. The number of piperidine rings is 1. The lowest BCUT2D eigenvalue weighted by Crippen LogP contribution is -2.35. The molecule has 0 bridgehead atoms. The number of hydrogen-bond acceptors (Lipinski definition) is 7. The van der Waals surface area contributed by atoms with E-state index in [2.05, 4.69) is 10.5 Å². The average molecular weight is 380 g/mol. The molecule has 3 rings (SSSR count). The van der Waals surface area contributed by atoms with Gasteiger partial charge in [-0.15, -0.1) is 0 Å². The fraction of sp³-hybridized carbons (Fsp3) is 0.438. The SMILES string of the molecule is Cc1cc(CNc2ccc(S(=O)(=O)N3CCCCC3)cc2[N+](=O)[O-])on1. The molecule has 1 aromatic heterocycles. The molecule has 140 valence electrons. The topological polar surface area (TPSA) is 119 Å². The van der Waals surface area contributed by atoms with Crippen LogP contribution < -0.4 is 5.32 Å². The second kappa shape index (κ2) is 7.42. The number of aromatic nitrogens is 1. The van der Waals surface area contributed by atoms with Crippen molar-refractivity contribution in [2.75, 3.05) is 18.4 Å². The number of nitrogens with one attached hydrogen (secondary N) is 1. The maximum atomic E-state index is 12.7. The van der Waals surface area contributed by atoms with Crippen molar-refractivity contribution < 1.29 is 17.9 Å². The molecule has 2 heterocycles. The van der Waals surface area contributed by atoms with E-state index in [1.165, 1.54) is 16.4 Å². The van der Waals surface area contributed by atoms with E-state index in [0.29, 0.717) is 24.5 Å². The molecule has 1 fully saturated rings. The number of benzene rings is 1. The van der Waals surface area contributed by atoms with Crippen molar-refractivity contribution >= 4 is 21.4 Å². The number of nitro groups is 1. The van der Waals surface area contributed by atoms with E-state index in [1.807, 2.05) is 0 Å². The molecule has 1 aliphatic heterocycles. The summed E-state index contributed by atoms with van der Waals surface area (Å²) in [4.78, 5) is 10.8. The molecule has 0 unspecified atom stereocenters. The molecular formula is C16H20N4O5S. The fourth-order valence-corrected chi connectivity index (χ4v) is 4.45. The predicted octanol–water partition coefficient (Wildman–Crippen LogP) is 2.68. The van der Waals surface area contributed by atoms with E-state index in [-0.39, 0.29) is 22.8 Å². The Balaban J connectivity index is 1.85. The monoisotopic (exact) mass is 380 g/mol. The van der Waals surface area contributed by atoms with Crippen LogP contribution in [0.3, 0.4) is 0 Å². The third kappa shape index (κ3) is 3.86. The highest BCUT2D eigenvalue weighted by Crippen LogP contribution is 2.30. The second-order valence-electron chi connectivity index (χ2n) is 6.19. The van der Waals surface area contributed by atoms with Gasteiger partial charge in [0.2, 0.25) is 10.0 Å². The molecule has 0 atom stereocenters. The van der Waals surface area contributed by atoms with Gasteiger partial charge in [0.15, 0.2) is 5.76 Å². The van der Waals surface area contributed by atoms with Gasteiger partial charge in [-0.2, -0.15) is 4.31 Å². The molecule has 0 spiro atoms. The maximum Gasteiger partial charge on any atom is 0.293 e. The lowest BCUT2D eigenvalue weighted by atomic mass is 10.2. The summed E-state index contributed by atoms with van der Waals surface area (Å²) in [7, 11) is -3.73. The van der Waals surface area contributed by atoms with Gasteiger partial charge in [0.1, 0.15) is 5.69 Å². The highest BCUT2D eigenvalue weighted by atomic mass is 32.2. The van der Waals surface area contributed by atoms with Gasteiger partial charge in [-0.3, -0.25) is 10.1 Å². The largest absolute Gasteiger partial charge is 0.372 e. The summed E-state index contributed by atoms with van der Waals surface area (Å²) in [6, 6.07) is 5.63. The standard InChI is InChI=1S/C16H20N4O5S/c1-12-9-13(25-18-12)11-17-15-6-5-14(10-16(15)20(21)22)26(23,24)19-7-3-2-4-8-19/h5-6,9-10,17H,2-4,7-8,11H2,1H3. The highest BCUT2D eigenvalue weighted by molar-refractivity contribution is 7.89. The van der Waals surface area contributed by atoms with Crippen LogP contribution in [0.5, 0.6) is 0 Å². The molecule has 0 aliphatic carbocycles. The molecule has 1 N–H and O–H groups in total. The summed E-state index contributed by atoms with van der Waals surface area (Å²) in [6.45, 7) is 2.87. The van der Waals surface area contributed by atoms with Crippen LogP contribution >= 0.6 is 0 Å². The van der Waals surface area contributed by atoms with Gasteiger partial charge in [-0.25, -0.2) is 8.42 Å². The number of nitro benzene ring substituents is 1. The average Bonchev–Trinajstić information content (AvgIpc) is 3.05. The Kier molecular flexibility index (Phi) is 5.23. The summed E-state index contributed by atoms with van der Waals surface area (Å²) >= 11 is 0. The summed E-state index contributed by atoms with van der Waals surface area (Å²) in [5, 5.41) is 18.1. The van der Waals surface area contributed by atoms with Crippen molar-refractivity contribution in [2.45, 2.75) is 37.6 Å². The zero-order valence-corrected chi connectivity index (χ0v) is 15.2. The fourth-order valence-electron chi connectivity index (χ4n) is 2.91. The molecule has 1 aliphatic rings. The quantitative estimate of drug-likeness (QED) is 0.604. The van der Waals surface area contributed by atoms with Gasteiger partial charge in [-0.1, -0.05) is 11.6 Å². The lowest BCUT2D eigenvalue weighted by Gasteiger charge is -2.25. The zero-order chi connectivity index (χ0) is 18.7. The van der Waals surface area contributed by atoms with Crippen molar-refractivity contribution in [2.24, 2.45) is 0 Å². The number of anilines is 1. The van der Waals surface area contributed by atoms with Crippen LogP contribution in [0.2, 0.25) is 0 Å². The summed E-state index contributed by atoms with van der Waals surface area (Å²) in [5.41, 5.74) is 0.639. The van der Waals surface area contributed by atoms with Crippen molar-refractivity contribution in [1.29, 1.82) is 0 Å². The first-order chi connectivity index (χ1) is 12.4. The van der Waals surface area contributed by atoms with E-state index in [0.717, 1.165) is 25.3 Å². The van der Waals surface area contributed by atoms with Crippen LogP contribution in [0.4, 0.5) is 11.4 Å². The highest BCUT2D eigenvalue weighted by Gasteiger charge is 2.28. The Hall–Kier alpha value is -2.46. The van der Waals surface area contributed by atoms with Crippen molar-refractivity contribution in [3.63, 3.8) is 0 Å². The minimum absolute atomic E-state index is 0.0628. The smallest absolute Gasteiger partial charge is 0.293 e. The predicted molar refractivity (Wildman–Crippen MR) is 94.3 cm³/mol. The summed E-state index contributed by atoms with van der Waals surface area (Å²) < 4.78 is 31.9. The molecule has 0 saturated carbocycles. The van der Waals surface area contributed by atoms with E-state index >= 15 is 0 Å². The van der Waals surface area contributed by atoms with Gasteiger partial charge in [-0.05, 0) is 31.9 Å².